The van der Waals surface area contributed by atoms with Crippen LogP contribution in [-0.4, -0.2) is 44.1 Å². The average Bonchev–Trinajstić information content (AvgIpc) is 3.23. The van der Waals surface area contributed by atoms with Crippen molar-refractivity contribution in [3.8, 4) is 0 Å². The van der Waals surface area contributed by atoms with Crippen LogP contribution < -0.4 is 5.32 Å². The van der Waals surface area contributed by atoms with Crippen molar-refractivity contribution >= 4 is 12.0 Å². The van der Waals surface area contributed by atoms with Crippen LogP contribution in [0.4, 0.5) is 4.79 Å². The molecule has 7 heteroatoms. The van der Waals surface area contributed by atoms with E-state index in [-0.39, 0.29) is 17.6 Å². The number of carbonyl (C=O) groups excluding carboxylic acids is 1. The first-order chi connectivity index (χ1) is 12.0. The maximum absolute atomic E-state index is 12.5. The van der Waals surface area contributed by atoms with E-state index in [1.165, 1.54) is 0 Å². The van der Waals surface area contributed by atoms with Gasteiger partial charge in [-0.05, 0) is 37.5 Å². The van der Waals surface area contributed by atoms with Gasteiger partial charge in [0, 0.05) is 32.0 Å². The Morgan fingerprint density at radius 2 is 2.08 bits per heavy atom. The highest BCUT2D eigenvalue weighted by Crippen LogP contribution is 2.19. The van der Waals surface area contributed by atoms with Crippen molar-refractivity contribution in [1.82, 2.24) is 19.8 Å². The van der Waals surface area contributed by atoms with Crippen molar-refractivity contribution in [3.63, 3.8) is 0 Å². The normalized spacial score (nSPS) is 16.8. The van der Waals surface area contributed by atoms with Crippen molar-refractivity contribution in [3.05, 3.63) is 53.6 Å². The monoisotopic (exact) mass is 342 g/mol. The molecule has 1 aromatic carbocycles. The number of aryl methyl sites for hydroxylation is 1. The van der Waals surface area contributed by atoms with Gasteiger partial charge in [0.05, 0.1) is 11.6 Å². The maximum atomic E-state index is 12.5. The minimum atomic E-state index is -0.953. The van der Waals surface area contributed by atoms with Gasteiger partial charge in [-0.15, -0.1) is 0 Å². The number of rotatable bonds is 5. The Labute approximate surface area is 146 Å². The van der Waals surface area contributed by atoms with E-state index in [2.05, 4.69) is 14.9 Å². The summed E-state index contributed by atoms with van der Waals surface area (Å²) in [6.07, 6.45) is 5.70. The molecule has 3 rings (SSSR count). The Kier molecular flexibility index (Phi) is 5.02. The molecule has 132 valence electrons. The highest BCUT2D eigenvalue weighted by atomic mass is 16.4. The van der Waals surface area contributed by atoms with Crippen LogP contribution in [0.2, 0.25) is 0 Å². The van der Waals surface area contributed by atoms with Crippen LogP contribution in [-0.2, 0) is 13.1 Å². The van der Waals surface area contributed by atoms with Crippen LogP contribution in [0.25, 0.3) is 0 Å². The summed E-state index contributed by atoms with van der Waals surface area (Å²) in [4.78, 5) is 29.5. The van der Waals surface area contributed by atoms with Gasteiger partial charge in [-0.25, -0.2) is 14.6 Å². The number of aromatic carboxylic acids is 1. The first-order valence-electron chi connectivity index (χ1n) is 8.39. The van der Waals surface area contributed by atoms with Gasteiger partial charge < -0.3 is 19.9 Å². The molecule has 0 spiro atoms. The minimum absolute atomic E-state index is 0.0809. The van der Waals surface area contributed by atoms with Crippen molar-refractivity contribution in [1.29, 1.82) is 0 Å². The van der Waals surface area contributed by atoms with Gasteiger partial charge in [-0.3, -0.25) is 0 Å². The Balaban J connectivity index is 1.56. The molecule has 1 aliphatic rings. The lowest BCUT2D eigenvalue weighted by Crippen LogP contribution is -2.44. The number of urea groups is 1. The number of amides is 2. The molecule has 2 heterocycles. The average molecular weight is 342 g/mol. The zero-order valence-electron chi connectivity index (χ0n) is 14.2. The van der Waals surface area contributed by atoms with Gasteiger partial charge >= 0.3 is 12.0 Å². The second kappa shape index (κ2) is 7.38. The molecule has 7 nitrogen and oxygen atoms in total. The van der Waals surface area contributed by atoms with E-state index in [9.17, 15) is 9.59 Å². The molecule has 0 radical (unpaired) electrons. The van der Waals surface area contributed by atoms with E-state index < -0.39 is 5.97 Å². The standard InChI is InChI=1S/C18H22N4O3/c1-13-19-8-10-21(13)12-16-3-2-9-22(16)18(25)20-11-14-4-6-15(7-5-14)17(23)24/h4-8,10,16H,2-3,9,11-12H2,1H3,(H,20,25)(H,23,24). The Morgan fingerprint density at radius 3 is 2.72 bits per heavy atom. The molecule has 1 aliphatic heterocycles. The van der Waals surface area contributed by atoms with Crippen LogP contribution >= 0.6 is 0 Å². The third kappa shape index (κ3) is 3.99. The topological polar surface area (TPSA) is 87.5 Å². The Hall–Kier alpha value is -2.83. The van der Waals surface area contributed by atoms with Crippen molar-refractivity contribution in [2.45, 2.75) is 38.9 Å². The largest absolute Gasteiger partial charge is 0.478 e. The number of carboxylic acids is 1. The van der Waals surface area contributed by atoms with E-state index in [0.717, 1.165) is 37.3 Å². The first-order valence-corrected chi connectivity index (χ1v) is 8.39. The van der Waals surface area contributed by atoms with E-state index in [1.807, 2.05) is 18.0 Å². The lowest BCUT2D eigenvalue weighted by Gasteiger charge is -2.25. The van der Waals surface area contributed by atoms with Gasteiger partial charge in [0.15, 0.2) is 0 Å². The molecule has 2 N–H and O–H groups in total. The summed E-state index contributed by atoms with van der Waals surface area (Å²) >= 11 is 0. The second-order valence-electron chi connectivity index (χ2n) is 6.28. The molecule has 2 aromatic rings. The fraction of sp³-hybridized carbons (Fsp3) is 0.389. The van der Waals surface area contributed by atoms with E-state index in [4.69, 9.17) is 5.11 Å². The molecule has 1 aromatic heterocycles. The summed E-state index contributed by atoms with van der Waals surface area (Å²) in [5, 5.41) is 11.8. The lowest BCUT2D eigenvalue weighted by atomic mass is 10.1. The maximum Gasteiger partial charge on any atom is 0.335 e. The zero-order chi connectivity index (χ0) is 17.8. The number of aromatic nitrogens is 2. The molecule has 1 unspecified atom stereocenters. The molecule has 1 fully saturated rings. The quantitative estimate of drug-likeness (QED) is 0.872. The van der Waals surface area contributed by atoms with E-state index in [0.29, 0.717) is 6.54 Å². The molecule has 1 atom stereocenters. The van der Waals surface area contributed by atoms with Crippen molar-refractivity contribution < 1.29 is 14.7 Å². The predicted octanol–water partition coefficient (Wildman–Crippen LogP) is 2.26. The number of hydrogen-bond acceptors (Lipinski definition) is 3. The van der Waals surface area contributed by atoms with Gasteiger partial charge in [-0.1, -0.05) is 12.1 Å². The molecule has 0 saturated carbocycles. The number of carboxylic acid groups (broad SMARTS) is 1. The number of likely N-dealkylation sites (tertiary alicyclic amines) is 1. The Bertz CT molecular complexity index is 754. The van der Waals surface area contributed by atoms with Crippen LogP contribution in [0.3, 0.4) is 0 Å². The van der Waals surface area contributed by atoms with Crippen LogP contribution in [0.5, 0.6) is 0 Å². The van der Waals surface area contributed by atoms with Gasteiger partial charge in [0.25, 0.3) is 0 Å². The SMILES string of the molecule is Cc1nccn1CC1CCCN1C(=O)NCc1ccc(C(=O)O)cc1. The number of carbonyl (C=O) groups is 2. The summed E-state index contributed by atoms with van der Waals surface area (Å²) in [7, 11) is 0. The van der Waals surface area contributed by atoms with Gasteiger partial charge in [0.2, 0.25) is 0 Å². The number of nitrogens with zero attached hydrogens (tertiary/aromatic N) is 3. The number of imidazole rings is 1. The fourth-order valence-electron chi connectivity index (χ4n) is 3.16. The smallest absolute Gasteiger partial charge is 0.335 e. The highest BCUT2D eigenvalue weighted by Gasteiger charge is 2.29. The Morgan fingerprint density at radius 1 is 1.32 bits per heavy atom. The summed E-state index contributed by atoms with van der Waals surface area (Å²) in [6.45, 7) is 3.85. The van der Waals surface area contributed by atoms with E-state index >= 15 is 0 Å². The summed E-state index contributed by atoms with van der Waals surface area (Å²) in [5.41, 5.74) is 1.12. The minimum Gasteiger partial charge on any atom is -0.478 e. The molecule has 1 saturated heterocycles. The molecule has 2 amide bonds. The molecular weight excluding hydrogens is 320 g/mol. The van der Waals surface area contributed by atoms with Gasteiger partial charge in [-0.2, -0.15) is 0 Å². The van der Waals surface area contributed by atoms with Crippen molar-refractivity contribution in [2.24, 2.45) is 0 Å². The summed E-state index contributed by atoms with van der Waals surface area (Å²) in [6, 6.07) is 6.62. The highest BCUT2D eigenvalue weighted by molar-refractivity contribution is 5.87. The van der Waals surface area contributed by atoms with Crippen LogP contribution in [0, 0.1) is 6.92 Å². The van der Waals surface area contributed by atoms with Crippen LogP contribution in [0.1, 0.15) is 34.6 Å². The third-order valence-corrected chi connectivity index (χ3v) is 4.61. The zero-order valence-corrected chi connectivity index (χ0v) is 14.2. The molecular formula is C18H22N4O3. The van der Waals surface area contributed by atoms with Crippen molar-refractivity contribution in [2.75, 3.05) is 6.54 Å². The molecule has 0 bridgehead atoms. The predicted molar refractivity (Wildman–Crippen MR) is 92.3 cm³/mol. The van der Waals surface area contributed by atoms with Crippen LogP contribution in [0.15, 0.2) is 36.7 Å². The second-order valence-corrected chi connectivity index (χ2v) is 6.28. The third-order valence-electron chi connectivity index (χ3n) is 4.61. The number of hydrogen-bond donors (Lipinski definition) is 2. The van der Waals surface area contributed by atoms with E-state index in [1.54, 1.807) is 30.5 Å². The number of benzene rings is 1. The first kappa shape index (κ1) is 17.0. The summed E-state index contributed by atoms with van der Waals surface area (Å²) in [5.74, 6) is -0.00364. The number of nitrogens with one attached hydrogen (secondary N) is 1. The van der Waals surface area contributed by atoms with Gasteiger partial charge in [0.1, 0.15) is 5.82 Å². The summed E-state index contributed by atoms with van der Waals surface area (Å²) < 4.78 is 2.07. The molecule has 25 heavy (non-hydrogen) atoms. The molecule has 0 aliphatic carbocycles. The lowest BCUT2D eigenvalue weighted by molar-refractivity contribution is 0.0697. The fourth-order valence-corrected chi connectivity index (χ4v) is 3.16.